The van der Waals surface area contributed by atoms with E-state index < -0.39 is 28.7 Å². The molecule has 186 valence electrons. The van der Waals surface area contributed by atoms with E-state index in [0.29, 0.717) is 17.7 Å². The highest BCUT2D eigenvalue weighted by molar-refractivity contribution is 6.33. The van der Waals surface area contributed by atoms with Crippen molar-refractivity contribution < 1.29 is 28.8 Å². The van der Waals surface area contributed by atoms with Crippen LogP contribution in [-0.4, -0.2) is 23.8 Å². The SMILES string of the molecule is CC/C(OC(=O)C(C)(C)C)=C1/C(=O)N(OC(=O)C(C)(C)C)c2cc(NC(=O)CC(C)C)ccc21. The molecular formula is C26H36N2O6. The summed E-state index contributed by atoms with van der Waals surface area (Å²) in [5.41, 5.74) is -0.279. The lowest BCUT2D eigenvalue weighted by atomic mass is 9.97. The Hall–Kier alpha value is -3.16. The highest BCUT2D eigenvalue weighted by Gasteiger charge is 2.41. The molecule has 1 aliphatic rings. The Kier molecular flexibility index (Phi) is 7.96. The van der Waals surface area contributed by atoms with E-state index in [0.717, 1.165) is 5.06 Å². The second kappa shape index (κ2) is 9.99. The van der Waals surface area contributed by atoms with Gasteiger partial charge in [-0.2, -0.15) is 0 Å². The molecular weight excluding hydrogens is 436 g/mol. The zero-order valence-electron chi connectivity index (χ0n) is 21.6. The van der Waals surface area contributed by atoms with E-state index >= 15 is 0 Å². The molecule has 8 nitrogen and oxygen atoms in total. The van der Waals surface area contributed by atoms with Crippen LogP contribution in [0.25, 0.3) is 5.57 Å². The van der Waals surface area contributed by atoms with Crippen LogP contribution in [0.4, 0.5) is 11.4 Å². The number of amides is 2. The van der Waals surface area contributed by atoms with Gasteiger partial charge in [0.2, 0.25) is 5.91 Å². The summed E-state index contributed by atoms with van der Waals surface area (Å²) in [4.78, 5) is 56.4. The first-order valence-corrected chi connectivity index (χ1v) is 11.5. The van der Waals surface area contributed by atoms with Gasteiger partial charge in [0.25, 0.3) is 5.91 Å². The average Bonchev–Trinajstić information content (AvgIpc) is 2.95. The Balaban J connectivity index is 2.58. The van der Waals surface area contributed by atoms with Crippen molar-refractivity contribution in [2.75, 3.05) is 10.4 Å². The number of allylic oxidation sites excluding steroid dienone is 1. The molecule has 34 heavy (non-hydrogen) atoms. The lowest BCUT2D eigenvalue weighted by molar-refractivity contribution is -0.157. The quantitative estimate of drug-likeness (QED) is 0.345. The van der Waals surface area contributed by atoms with E-state index in [-0.39, 0.29) is 35.3 Å². The number of ether oxygens (including phenoxy) is 1. The molecule has 0 aliphatic carbocycles. The van der Waals surface area contributed by atoms with Gasteiger partial charge in [-0.1, -0.05) is 20.8 Å². The van der Waals surface area contributed by atoms with Crippen molar-refractivity contribution in [3.05, 3.63) is 29.5 Å². The number of hydrogen-bond donors (Lipinski definition) is 1. The molecule has 2 rings (SSSR count). The zero-order valence-corrected chi connectivity index (χ0v) is 21.6. The van der Waals surface area contributed by atoms with Crippen LogP contribution in [0.5, 0.6) is 0 Å². The summed E-state index contributed by atoms with van der Waals surface area (Å²) >= 11 is 0. The average molecular weight is 473 g/mol. The van der Waals surface area contributed by atoms with Gasteiger partial charge < -0.3 is 14.9 Å². The second-order valence-electron chi connectivity index (χ2n) is 10.9. The van der Waals surface area contributed by atoms with Crippen molar-refractivity contribution in [3.63, 3.8) is 0 Å². The molecule has 1 N–H and O–H groups in total. The molecule has 0 bridgehead atoms. The van der Waals surface area contributed by atoms with E-state index in [4.69, 9.17) is 9.57 Å². The summed E-state index contributed by atoms with van der Waals surface area (Å²) in [6.45, 7) is 15.9. The number of hydrogen-bond acceptors (Lipinski definition) is 6. The number of hydroxylamine groups is 1. The highest BCUT2D eigenvalue weighted by atomic mass is 16.7. The van der Waals surface area contributed by atoms with E-state index in [2.05, 4.69) is 5.32 Å². The first-order chi connectivity index (χ1) is 15.6. The van der Waals surface area contributed by atoms with E-state index in [9.17, 15) is 19.2 Å². The number of nitrogens with one attached hydrogen (secondary N) is 1. The summed E-state index contributed by atoms with van der Waals surface area (Å²) in [6.07, 6.45) is 0.614. The lowest BCUT2D eigenvalue weighted by Crippen LogP contribution is -2.35. The molecule has 8 heteroatoms. The third-order valence-electron chi connectivity index (χ3n) is 4.98. The van der Waals surface area contributed by atoms with Gasteiger partial charge in [-0.3, -0.25) is 14.4 Å². The van der Waals surface area contributed by atoms with Crippen LogP contribution in [0.3, 0.4) is 0 Å². The van der Waals surface area contributed by atoms with Crippen LogP contribution < -0.4 is 10.4 Å². The van der Waals surface area contributed by atoms with Crippen LogP contribution in [0.2, 0.25) is 0 Å². The fourth-order valence-corrected chi connectivity index (χ4v) is 3.04. The molecule has 0 saturated heterocycles. The zero-order chi connectivity index (χ0) is 26.0. The minimum absolute atomic E-state index is 0.150. The number of anilines is 2. The van der Waals surface area contributed by atoms with Gasteiger partial charge in [-0.15, -0.1) is 5.06 Å². The van der Waals surface area contributed by atoms with E-state index in [1.165, 1.54) is 0 Å². The normalized spacial score (nSPS) is 15.2. The Morgan fingerprint density at radius 1 is 1.00 bits per heavy atom. The maximum Gasteiger partial charge on any atom is 0.338 e. The van der Waals surface area contributed by atoms with Crippen molar-refractivity contribution >= 4 is 40.7 Å². The predicted molar refractivity (Wildman–Crippen MR) is 130 cm³/mol. The molecule has 0 saturated carbocycles. The summed E-state index contributed by atoms with van der Waals surface area (Å²) in [7, 11) is 0. The van der Waals surface area contributed by atoms with Gasteiger partial charge in [-0.25, -0.2) is 4.79 Å². The van der Waals surface area contributed by atoms with Crippen molar-refractivity contribution in [1.29, 1.82) is 0 Å². The third kappa shape index (κ3) is 6.24. The lowest BCUT2D eigenvalue weighted by Gasteiger charge is -2.22. The van der Waals surface area contributed by atoms with Gasteiger partial charge in [0.1, 0.15) is 5.76 Å². The minimum atomic E-state index is -0.859. The number of nitrogens with zero attached hydrogens (tertiary/aromatic N) is 1. The second-order valence-corrected chi connectivity index (χ2v) is 10.9. The number of carbonyl (C=O) groups is 4. The largest absolute Gasteiger partial charge is 0.430 e. The van der Waals surface area contributed by atoms with Gasteiger partial charge in [-0.05, 0) is 65.7 Å². The smallest absolute Gasteiger partial charge is 0.338 e. The van der Waals surface area contributed by atoms with Crippen molar-refractivity contribution in [3.8, 4) is 0 Å². The maximum atomic E-state index is 13.4. The Morgan fingerprint density at radius 3 is 2.09 bits per heavy atom. The number of rotatable bonds is 6. The number of fused-ring (bicyclic) bond motifs is 1. The van der Waals surface area contributed by atoms with E-state index in [1.54, 1.807) is 66.7 Å². The summed E-state index contributed by atoms with van der Waals surface area (Å²) in [5, 5.41) is 3.73. The van der Waals surface area contributed by atoms with Crippen molar-refractivity contribution in [1.82, 2.24) is 0 Å². The van der Waals surface area contributed by atoms with E-state index in [1.807, 2.05) is 13.8 Å². The Labute approximate surface area is 201 Å². The van der Waals surface area contributed by atoms with Crippen LogP contribution in [-0.2, 0) is 28.8 Å². The Bertz CT molecular complexity index is 1020. The molecule has 2 amide bonds. The van der Waals surface area contributed by atoms with Crippen molar-refractivity contribution in [2.45, 2.75) is 75.2 Å². The van der Waals surface area contributed by atoms with Crippen LogP contribution in [0.1, 0.15) is 80.7 Å². The monoisotopic (exact) mass is 472 g/mol. The molecule has 0 fully saturated rings. The van der Waals surface area contributed by atoms with Gasteiger partial charge in [0.05, 0.1) is 22.1 Å². The molecule has 0 aromatic heterocycles. The number of esters is 1. The topological polar surface area (TPSA) is 102 Å². The molecule has 0 unspecified atom stereocenters. The van der Waals surface area contributed by atoms with Crippen LogP contribution >= 0.6 is 0 Å². The highest BCUT2D eigenvalue weighted by Crippen LogP contribution is 2.42. The molecule has 1 aliphatic heterocycles. The molecule has 1 heterocycles. The fraction of sp³-hybridized carbons (Fsp3) is 0.538. The molecule has 0 spiro atoms. The van der Waals surface area contributed by atoms with Gasteiger partial charge in [0, 0.05) is 24.1 Å². The van der Waals surface area contributed by atoms with Gasteiger partial charge >= 0.3 is 11.9 Å². The Morgan fingerprint density at radius 2 is 1.59 bits per heavy atom. The maximum absolute atomic E-state index is 13.4. The first kappa shape index (κ1) is 27.1. The molecule has 0 atom stereocenters. The number of carbonyl (C=O) groups excluding carboxylic acids is 4. The fourth-order valence-electron chi connectivity index (χ4n) is 3.04. The standard InChI is InChI=1S/C26H36N2O6/c1-10-19(33-23(31)25(4,5)6)21-17-12-11-16(27-20(29)13-15(2)3)14-18(17)28(22(21)30)34-24(32)26(7,8)9/h11-12,14-15H,10,13H2,1-9H3,(H,27,29)/b21-19-. The summed E-state index contributed by atoms with van der Waals surface area (Å²) in [6, 6.07) is 4.89. The summed E-state index contributed by atoms with van der Waals surface area (Å²) < 4.78 is 5.62. The van der Waals surface area contributed by atoms with Crippen LogP contribution in [0.15, 0.2) is 24.0 Å². The molecule has 1 aromatic rings. The third-order valence-corrected chi connectivity index (χ3v) is 4.98. The summed E-state index contributed by atoms with van der Waals surface area (Å²) in [5.74, 6) is -1.49. The molecule has 0 radical (unpaired) electrons. The molecule has 1 aromatic carbocycles. The van der Waals surface area contributed by atoms with Crippen molar-refractivity contribution in [2.24, 2.45) is 16.7 Å². The minimum Gasteiger partial charge on any atom is -0.430 e. The number of benzene rings is 1. The first-order valence-electron chi connectivity index (χ1n) is 11.5. The van der Waals surface area contributed by atoms with Crippen LogP contribution in [0, 0.1) is 16.7 Å². The predicted octanol–water partition coefficient (Wildman–Crippen LogP) is 5.23. The van der Waals surface area contributed by atoms with Gasteiger partial charge in [0.15, 0.2) is 0 Å².